The molecular weight excluding hydrogens is 242 g/mol. The first-order chi connectivity index (χ1) is 9.25. The van der Waals surface area contributed by atoms with Gasteiger partial charge in [0.25, 0.3) is 0 Å². The van der Waals surface area contributed by atoms with E-state index in [1.165, 1.54) is 19.3 Å². The van der Waals surface area contributed by atoms with Gasteiger partial charge >= 0.3 is 5.97 Å². The van der Waals surface area contributed by atoms with Crippen molar-refractivity contribution in [1.82, 2.24) is 5.32 Å². The number of carbonyl (C=O) groups is 1. The lowest BCUT2D eigenvalue weighted by Gasteiger charge is -2.25. The zero-order chi connectivity index (χ0) is 13.2. The molecule has 1 aliphatic rings. The van der Waals surface area contributed by atoms with E-state index in [-0.39, 0.29) is 5.56 Å². The molecule has 1 aliphatic carbocycles. The quantitative estimate of drug-likeness (QED) is 0.866. The molecule has 0 bridgehead atoms. The molecule has 0 atom stereocenters. The van der Waals surface area contributed by atoms with E-state index in [2.05, 4.69) is 5.32 Å². The van der Waals surface area contributed by atoms with Crippen LogP contribution in [0.1, 0.15) is 35.4 Å². The Kier molecular flexibility index (Phi) is 3.25. The summed E-state index contributed by atoms with van der Waals surface area (Å²) in [6, 6.07) is 7.27. The number of benzene rings is 1. The Balaban J connectivity index is 1.80. The summed E-state index contributed by atoms with van der Waals surface area (Å²) in [6.45, 7) is 1.42. The van der Waals surface area contributed by atoms with Crippen LogP contribution in [-0.4, -0.2) is 17.6 Å². The van der Waals surface area contributed by atoms with Crippen molar-refractivity contribution in [2.24, 2.45) is 5.92 Å². The van der Waals surface area contributed by atoms with E-state index in [0.717, 1.165) is 12.5 Å². The second kappa shape index (κ2) is 5.05. The zero-order valence-corrected chi connectivity index (χ0v) is 10.7. The molecule has 0 amide bonds. The number of hydrogen-bond acceptors (Lipinski definition) is 3. The summed E-state index contributed by atoms with van der Waals surface area (Å²) >= 11 is 0. The van der Waals surface area contributed by atoms with E-state index in [1.54, 1.807) is 12.1 Å². The third-order valence-electron chi connectivity index (χ3n) is 3.83. The first-order valence-corrected chi connectivity index (χ1v) is 6.70. The third kappa shape index (κ3) is 2.36. The molecule has 100 valence electrons. The van der Waals surface area contributed by atoms with E-state index in [1.807, 2.05) is 12.1 Å². The number of aromatic carboxylic acids is 1. The van der Waals surface area contributed by atoms with Crippen LogP contribution >= 0.6 is 0 Å². The van der Waals surface area contributed by atoms with Gasteiger partial charge in [-0.05, 0) is 31.4 Å². The third-order valence-corrected chi connectivity index (χ3v) is 3.83. The Morgan fingerprint density at radius 3 is 2.84 bits per heavy atom. The Labute approximate surface area is 111 Å². The number of hydrogen-bond donors (Lipinski definition) is 2. The molecule has 1 aromatic heterocycles. The minimum absolute atomic E-state index is 0.289. The second-order valence-electron chi connectivity index (χ2n) is 5.13. The van der Waals surface area contributed by atoms with Gasteiger partial charge in [0.15, 0.2) is 0 Å². The van der Waals surface area contributed by atoms with Crippen LogP contribution in [0.2, 0.25) is 0 Å². The highest BCUT2D eigenvalue weighted by molar-refractivity contribution is 6.03. The van der Waals surface area contributed by atoms with Crippen LogP contribution in [0.5, 0.6) is 0 Å². The Morgan fingerprint density at radius 2 is 2.16 bits per heavy atom. The predicted molar refractivity (Wildman–Crippen MR) is 72.2 cm³/mol. The highest BCUT2D eigenvalue weighted by Gasteiger charge is 2.21. The minimum atomic E-state index is -0.926. The van der Waals surface area contributed by atoms with Crippen molar-refractivity contribution < 1.29 is 14.3 Å². The van der Waals surface area contributed by atoms with Crippen LogP contribution < -0.4 is 5.32 Å². The lowest BCUT2D eigenvalue weighted by molar-refractivity contribution is 0.0696. The fourth-order valence-electron chi connectivity index (χ4n) is 2.54. The maximum absolute atomic E-state index is 11.4. The fourth-order valence-corrected chi connectivity index (χ4v) is 2.54. The number of carboxylic acid groups (broad SMARTS) is 1. The first kappa shape index (κ1) is 12.2. The number of furan rings is 1. The van der Waals surface area contributed by atoms with E-state index in [0.29, 0.717) is 23.3 Å². The van der Waals surface area contributed by atoms with Crippen molar-refractivity contribution in [3.8, 4) is 0 Å². The second-order valence-corrected chi connectivity index (χ2v) is 5.13. The van der Waals surface area contributed by atoms with Gasteiger partial charge < -0.3 is 14.8 Å². The molecule has 1 heterocycles. The molecular formula is C15H17NO3. The standard InChI is InChI=1S/C15H17NO3/c17-15(18)14-11-6-1-2-7-12(11)19-13(14)9-16-8-10-4-3-5-10/h1-2,6-7,10,16H,3-5,8-9H2,(H,17,18). The molecule has 0 radical (unpaired) electrons. The number of para-hydroxylation sites is 1. The van der Waals surface area contributed by atoms with Crippen LogP contribution in [0.25, 0.3) is 11.0 Å². The topological polar surface area (TPSA) is 62.5 Å². The molecule has 1 saturated carbocycles. The average Bonchev–Trinajstić information content (AvgIpc) is 2.70. The number of fused-ring (bicyclic) bond motifs is 1. The van der Waals surface area contributed by atoms with Crippen molar-refractivity contribution >= 4 is 16.9 Å². The van der Waals surface area contributed by atoms with Gasteiger partial charge in [-0.2, -0.15) is 0 Å². The lowest BCUT2D eigenvalue weighted by atomic mass is 9.85. The monoisotopic (exact) mass is 259 g/mol. The molecule has 1 aromatic carbocycles. The van der Waals surface area contributed by atoms with Gasteiger partial charge in [0, 0.05) is 5.39 Å². The van der Waals surface area contributed by atoms with Crippen LogP contribution in [0, 0.1) is 5.92 Å². The van der Waals surface area contributed by atoms with Crippen LogP contribution in [-0.2, 0) is 6.54 Å². The molecule has 0 spiro atoms. The van der Waals surface area contributed by atoms with E-state index in [4.69, 9.17) is 4.42 Å². The maximum atomic E-state index is 11.4. The highest BCUT2D eigenvalue weighted by atomic mass is 16.4. The van der Waals surface area contributed by atoms with Crippen molar-refractivity contribution in [2.75, 3.05) is 6.54 Å². The van der Waals surface area contributed by atoms with Crippen LogP contribution in [0.3, 0.4) is 0 Å². The van der Waals surface area contributed by atoms with Crippen molar-refractivity contribution in [3.05, 3.63) is 35.6 Å². The molecule has 3 rings (SSSR count). The Hall–Kier alpha value is -1.81. The number of carboxylic acids is 1. The summed E-state index contributed by atoms with van der Waals surface area (Å²) in [5.74, 6) is 0.344. The normalized spacial score (nSPS) is 15.6. The predicted octanol–water partition coefficient (Wildman–Crippen LogP) is 3.02. The van der Waals surface area contributed by atoms with Gasteiger partial charge in [-0.3, -0.25) is 0 Å². The largest absolute Gasteiger partial charge is 0.478 e. The summed E-state index contributed by atoms with van der Waals surface area (Å²) in [6.07, 6.45) is 3.87. The smallest absolute Gasteiger partial charge is 0.339 e. The number of nitrogens with one attached hydrogen (secondary N) is 1. The molecule has 4 nitrogen and oxygen atoms in total. The van der Waals surface area contributed by atoms with Crippen LogP contribution in [0.4, 0.5) is 0 Å². The van der Waals surface area contributed by atoms with E-state index in [9.17, 15) is 9.90 Å². The summed E-state index contributed by atoms with van der Waals surface area (Å²) in [4.78, 5) is 11.4. The van der Waals surface area contributed by atoms with Gasteiger partial charge in [0.05, 0.1) is 6.54 Å². The molecule has 1 fully saturated rings. The van der Waals surface area contributed by atoms with Crippen molar-refractivity contribution in [2.45, 2.75) is 25.8 Å². The van der Waals surface area contributed by atoms with Crippen molar-refractivity contribution in [3.63, 3.8) is 0 Å². The molecule has 0 aliphatic heterocycles. The molecule has 2 N–H and O–H groups in total. The first-order valence-electron chi connectivity index (χ1n) is 6.70. The highest BCUT2D eigenvalue weighted by Crippen LogP contribution is 2.27. The number of rotatable bonds is 5. The summed E-state index contributed by atoms with van der Waals surface area (Å²) in [5, 5.41) is 13.3. The van der Waals surface area contributed by atoms with Gasteiger partial charge in [0.2, 0.25) is 0 Å². The molecule has 0 unspecified atom stereocenters. The van der Waals surface area contributed by atoms with Crippen molar-refractivity contribution in [1.29, 1.82) is 0 Å². The van der Waals surface area contributed by atoms with Gasteiger partial charge in [-0.1, -0.05) is 24.6 Å². The summed E-state index contributed by atoms with van der Waals surface area (Å²) < 4.78 is 5.65. The average molecular weight is 259 g/mol. The minimum Gasteiger partial charge on any atom is -0.478 e. The van der Waals surface area contributed by atoms with Gasteiger partial charge in [0.1, 0.15) is 16.9 Å². The van der Waals surface area contributed by atoms with Gasteiger partial charge in [-0.25, -0.2) is 4.79 Å². The molecule has 0 saturated heterocycles. The Bertz CT molecular complexity index is 598. The SMILES string of the molecule is O=C(O)c1c(CNCC2CCC2)oc2ccccc12. The lowest BCUT2D eigenvalue weighted by Crippen LogP contribution is -2.27. The van der Waals surface area contributed by atoms with E-state index < -0.39 is 5.97 Å². The Morgan fingerprint density at radius 1 is 1.37 bits per heavy atom. The molecule has 2 aromatic rings. The molecule has 19 heavy (non-hydrogen) atoms. The summed E-state index contributed by atoms with van der Waals surface area (Å²) in [5.41, 5.74) is 0.928. The summed E-state index contributed by atoms with van der Waals surface area (Å²) in [7, 11) is 0. The maximum Gasteiger partial charge on any atom is 0.339 e. The fraction of sp³-hybridized carbons (Fsp3) is 0.400. The zero-order valence-electron chi connectivity index (χ0n) is 10.7. The van der Waals surface area contributed by atoms with Gasteiger partial charge in [-0.15, -0.1) is 0 Å². The molecule has 4 heteroatoms. The van der Waals surface area contributed by atoms with Crippen LogP contribution in [0.15, 0.2) is 28.7 Å². The van der Waals surface area contributed by atoms with E-state index >= 15 is 0 Å².